The van der Waals surface area contributed by atoms with Crippen LogP contribution >= 0.6 is 23.4 Å². The molecule has 4 heteroatoms. The van der Waals surface area contributed by atoms with Crippen molar-refractivity contribution in [3.05, 3.63) is 53.2 Å². The second-order valence-corrected chi connectivity index (χ2v) is 4.55. The molecule has 16 heavy (non-hydrogen) atoms. The Morgan fingerprint density at radius 3 is 2.75 bits per heavy atom. The number of pyridine rings is 1. The maximum Gasteiger partial charge on any atom is 0.150 e. The molecule has 0 radical (unpaired) electrons. The number of rotatable bonds is 3. The molecule has 0 saturated heterocycles. The zero-order valence-corrected chi connectivity index (χ0v) is 9.83. The van der Waals surface area contributed by atoms with E-state index in [1.54, 1.807) is 18.3 Å². The summed E-state index contributed by atoms with van der Waals surface area (Å²) < 4.78 is 0. The van der Waals surface area contributed by atoms with Crippen molar-refractivity contribution in [1.82, 2.24) is 4.98 Å². The molecule has 0 amide bonds. The van der Waals surface area contributed by atoms with Gasteiger partial charge in [0.2, 0.25) is 0 Å². The summed E-state index contributed by atoms with van der Waals surface area (Å²) in [4.78, 5) is 15.6. The lowest BCUT2D eigenvalue weighted by Crippen LogP contribution is -1.83. The molecule has 0 aliphatic carbocycles. The van der Waals surface area contributed by atoms with Crippen molar-refractivity contribution in [2.75, 3.05) is 0 Å². The zero-order chi connectivity index (χ0) is 11.4. The maximum atomic E-state index is 10.6. The highest BCUT2D eigenvalue weighted by atomic mass is 35.5. The van der Waals surface area contributed by atoms with E-state index in [0.717, 1.165) is 16.2 Å². The number of aromatic nitrogens is 1. The molecule has 0 bridgehead atoms. The van der Waals surface area contributed by atoms with Crippen LogP contribution in [-0.2, 0) is 0 Å². The van der Waals surface area contributed by atoms with Gasteiger partial charge in [0.15, 0.2) is 0 Å². The summed E-state index contributed by atoms with van der Waals surface area (Å²) in [5.74, 6) is 0. The van der Waals surface area contributed by atoms with Crippen LogP contribution < -0.4 is 0 Å². The van der Waals surface area contributed by atoms with Crippen molar-refractivity contribution < 1.29 is 4.79 Å². The van der Waals surface area contributed by atoms with Crippen LogP contribution in [0.2, 0.25) is 5.02 Å². The molecule has 0 atom stereocenters. The largest absolute Gasteiger partial charge is 0.298 e. The van der Waals surface area contributed by atoms with Gasteiger partial charge in [0.05, 0.1) is 5.02 Å². The van der Waals surface area contributed by atoms with Crippen LogP contribution in [-0.4, -0.2) is 11.3 Å². The fourth-order valence-electron chi connectivity index (χ4n) is 1.19. The summed E-state index contributed by atoms with van der Waals surface area (Å²) in [6.45, 7) is 0. The summed E-state index contributed by atoms with van der Waals surface area (Å²) in [6, 6.07) is 10.9. The number of carbonyl (C=O) groups is 1. The van der Waals surface area contributed by atoms with Gasteiger partial charge in [-0.2, -0.15) is 0 Å². The van der Waals surface area contributed by atoms with Gasteiger partial charge < -0.3 is 0 Å². The first-order valence-corrected chi connectivity index (χ1v) is 5.82. The van der Waals surface area contributed by atoms with Gasteiger partial charge in [0, 0.05) is 16.7 Å². The predicted octanol–water partition coefficient (Wildman–Crippen LogP) is 3.70. The van der Waals surface area contributed by atoms with Gasteiger partial charge in [0.25, 0.3) is 0 Å². The van der Waals surface area contributed by atoms with Gasteiger partial charge in [-0.05, 0) is 24.3 Å². The number of hydrogen-bond donors (Lipinski definition) is 0. The molecule has 80 valence electrons. The van der Waals surface area contributed by atoms with E-state index in [1.165, 1.54) is 11.8 Å². The van der Waals surface area contributed by atoms with Gasteiger partial charge in [-0.15, -0.1) is 0 Å². The van der Waals surface area contributed by atoms with Crippen LogP contribution in [0, 0.1) is 0 Å². The molecule has 0 aliphatic heterocycles. The molecule has 2 aromatic rings. The van der Waals surface area contributed by atoms with E-state index in [1.807, 2.05) is 24.3 Å². The average Bonchev–Trinajstić information content (AvgIpc) is 2.33. The van der Waals surface area contributed by atoms with E-state index in [9.17, 15) is 4.79 Å². The highest BCUT2D eigenvalue weighted by molar-refractivity contribution is 7.99. The fourth-order valence-corrected chi connectivity index (χ4v) is 2.28. The SMILES string of the molecule is O=Cc1ccc(Sc2ccccn2)c(Cl)c1. The predicted molar refractivity (Wildman–Crippen MR) is 65.2 cm³/mol. The lowest BCUT2D eigenvalue weighted by atomic mass is 10.2. The monoisotopic (exact) mass is 249 g/mol. The third-order valence-corrected chi connectivity index (χ3v) is 3.40. The highest BCUT2D eigenvalue weighted by Gasteiger charge is 2.04. The first-order chi connectivity index (χ1) is 7.79. The van der Waals surface area contributed by atoms with Gasteiger partial charge in [-0.1, -0.05) is 35.5 Å². The third-order valence-electron chi connectivity index (χ3n) is 1.94. The molecule has 1 aromatic heterocycles. The Bertz CT molecular complexity index is 502. The maximum absolute atomic E-state index is 10.6. The number of benzene rings is 1. The Hall–Kier alpha value is -1.32. The third kappa shape index (κ3) is 2.62. The molecule has 2 rings (SSSR count). The van der Waals surface area contributed by atoms with Crippen LogP contribution in [0.15, 0.2) is 52.5 Å². The molecular formula is C12H8ClNOS. The van der Waals surface area contributed by atoms with E-state index in [0.29, 0.717) is 10.6 Å². The van der Waals surface area contributed by atoms with Crippen molar-refractivity contribution >= 4 is 29.6 Å². The van der Waals surface area contributed by atoms with Crippen LogP contribution in [0.3, 0.4) is 0 Å². The Balaban J connectivity index is 2.25. The smallest absolute Gasteiger partial charge is 0.150 e. The number of carbonyl (C=O) groups excluding carboxylic acids is 1. The summed E-state index contributed by atoms with van der Waals surface area (Å²) >= 11 is 7.52. The fraction of sp³-hybridized carbons (Fsp3) is 0. The quantitative estimate of drug-likeness (QED) is 0.777. The molecule has 0 fully saturated rings. The Morgan fingerprint density at radius 1 is 1.25 bits per heavy atom. The van der Waals surface area contributed by atoms with E-state index < -0.39 is 0 Å². The topological polar surface area (TPSA) is 30.0 Å². The number of halogens is 1. The second-order valence-electron chi connectivity index (χ2n) is 3.08. The van der Waals surface area contributed by atoms with Crippen molar-refractivity contribution in [1.29, 1.82) is 0 Å². The molecular weight excluding hydrogens is 242 g/mol. The Morgan fingerprint density at radius 2 is 2.12 bits per heavy atom. The van der Waals surface area contributed by atoms with Gasteiger partial charge >= 0.3 is 0 Å². The molecule has 0 spiro atoms. The van der Waals surface area contributed by atoms with Crippen molar-refractivity contribution in [3.8, 4) is 0 Å². The zero-order valence-electron chi connectivity index (χ0n) is 8.26. The molecule has 2 nitrogen and oxygen atoms in total. The summed E-state index contributed by atoms with van der Waals surface area (Å²) in [5.41, 5.74) is 0.579. The normalized spacial score (nSPS) is 10.1. The molecule has 0 N–H and O–H groups in total. The Kier molecular flexibility index (Phi) is 3.59. The van der Waals surface area contributed by atoms with E-state index in [-0.39, 0.29) is 0 Å². The standard InChI is InChI=1S/C12H8ClNOS/c13-10-7-9(8-15)4-5-11(10)16-12-3-1-2-6-14-12/h1-8H. The van der Waals surface area contributed by atoms with E-state index in [2.05, 4.69) is 4.98 Å². The second kappa shape index (κ2) is 5.14. The minimum atomic E-state index is 0.570. The van der Waals surface area contributed by atoms with Gasteiger partial charge in [-0.25, -0.2) is 4.98 Å². The number of nitrogens with zero attached hydrogens (tertiary/aromatic N) is 1. The molecule has 0 unspecified atom stereocenters. The van der Waals surface area contributed by atoms with Crippen LogP contribution in [0.5, 0.6) is 0 Å². The minimum Gasteiger partial charge on any atom is -0.298 e. The lowest BCUT2D eigenvalue weighted by Gasteiger charge is -2.03. The van der Waals surface area contributed by atoms with Crippen molar-refractivity contribution in [2.45, 2.75) is 9.92 Å². The van der Waals surface area contributed by atoms with Crippen LogP contribution in [0.25, 0.3) is 0 Å². The minimum absolute atomic E-state index is 0.570. The summed E-state index contributed by atoms with van der Waals surface area (Å²) in [5, 5.41) is 1.45. The number of hydrogen-bond acceptors (Lipinski definition) is 3. The molecule has 1 heterocycles. The van der Waals surface area contributed by atoms with E-state index >= 15 is 0 Å². The highest BCUT2D eigenvalue weighted by Crippen LogP contribution is 2.32. The summed E-state index contributed by atoms with van der Waals surface area (Å²) in [7, 11) is 0. The molecule has 1 aromatic carbocycles. The number of aldehydes is 1. The van der Waals surface area contributed by atoms with Gasteiger partial charge in [-0.3, -0.25) is 4.79 Å². The lowest BCUT2D eigenvalue weighted by molar-refractivity contribution is 0.112. The summed E-state index contributed by atoms with van der Waals surface area (Å²) in [6.07, 6.45) is 2.51. The first kappa shape index (κ1) is 11.2. The van der Waals surface area contributed by atoms with Crippen molar-refractivity contribution in [2.24, 2.45) is 0 Å². The average molecular weight is 250 g/mol. The van der Waals surface area contributed by atoms with Crippen LogP contribution in [0.1, 0.15) is 10.4 Å². The van der Waals surface area contributed by atoms with Gasteiger partial charge in [0.1, 0.15) is 11.3 Å². The Labute approximate surface area is 103 Å². The molecule has 0 aliphatic rings. The van der Waals surface area contributed by atoms with Crippen molar-refractivity contribution in [3.63, 3.8) is 0 Å². The molecule has 0 saturated carbocycles. The van der Waals surface area contributed by atoms with E-state index in [4.69, 9.17) is 11.6 Å². The van der Waals surface area contributed by atoms with Crippen LogP contribution in [0.4, 0.5) is 0 Å². The first-order valence-electron chi connectivity index (χ1n) is 4.63.